The lowest BCUT2D eigenvalue weighted by Gasteiger charge is -2.02. The first-order chi connectivity index (χ1) is 8.61. The number of nitrogens with zero attached hydrogens (tertiary/aromatic N) is 1. The number of H-pyrrole nitrogens is 1. The topological polar surface area (TPSA) is 73.7 Å². The van der Waals surface area contributed by atoms with Crippen molar-refractivity contribution in [1.29, 1.82) is 5.26 Å². The Morgan fingerprint density at radius 1 is 1.22 bits per heavy atom. The van der Waals surface area contributed by atoms with E-state index in [1.807, 2.05) is 18.2 Å². The van der Waals surface area contributed by atoms with E-state index in [2.05, 4.69) is 4.98 Å². The molecule has 1 unspecified atom stereocenters. The van der Waals surface area contributed by atoms with Crippen LogP contribution in [0.1, 0.15) is 5.56 Å². The van der Waals surface area contributed by atoms with Gasteiger partial charge in [0.25, 0.3) is 5.56 Å². The minimum atomic E-state index is -1.01. The van der Waals surface area contributed by atoms with Crippen molar-refractivity contribution in [2.45, 2.75) is 4.90 Å². The summed E-state index contributed by atoms with van der Waals surface area (Å²) in [6.45, 7) is 0. The molecule has 5 heteroatoms. The van der Waals surface area contributed by atoms with E-state index in [-0.39, 0.29) is 5.56 Å². The first kappa shape index (κ1) is 12.3. The summed E-state index contributed by atoms with van der Waals surface area (Å²) in [6, 6.07) is 10.5. The molecule has 1 aromatic heterocycles. The number of nitrogens with one attached hydrogen (secondary N) is 1. The number of hydrogen-bond donors (Lipinski definition) is 1. The largest absolute Gasteiger partial charge is 0.327 e. The number of aromatic amines is 1. The summed E-state index contributed by atoms with van der Waals surface area (Å²) in [4.78, 5) is 14.5. The molecule has 90 valence electrons. The summed E-state index contributed by atoms with van der Waals surface area (Å²) in [5.41, 5.74) is 1.29. The second-order valence-corrected chi connectivity index (χ2v) is 5.10. The fourth-order valence-corrected chi connectivity index (χ4v) is 2.09. The highest BCUT2D eigenvalue weighted by Crippen LogP contribution is 2.19. The van der Waals surface area contributed by atoms with E-state index in [0.29, 0.717) is 0 Å². The van der Waals surface area contributed by atoms with Gasteiger partial charge in [-0.25, -0.2) is 0 Å². The number of pyridine rings is 1. The van der Waals surface area contributed by atoms with Crippen molar-refractivity contribution in [2.75, 3.05) is 6.26 Å². The van der Waals surface area contributed by atoms with Crippen molar-refractivity contribution in [3.8, 4) is 17.2 Å². The fraction of sp³-hybridized carbons (Fsp3) is 0.0769. The number of rotatable bonds is 2. The van der Waals surface area contributed by atoms with Crippen molar-refractivity contribution in [3.63, 3.8) is 0 Å². The Balaban J connectivity index is 2.46. The van der Waals surface area contributed by atoms with E-state index < -0.39 is 16.4 Å². The van der Waals surface area contributed by atoms with Crippen molar-refractivity contribution in [3.05, 3.63) is 52.4 Å². The van der Waals surface area contributed by atoms with Gasteiger partial charge in [0.15, 0.2) is 0 Å². The van der Waals surface area contributed by atoms with E-state index in [1.165, 1.54) is 6.07 Å². The molecule has 1 N–H and O–H groups in total. The minimum absolute atomic E-state index is 0.0793. The SMILES string of the molecule is CS(=O)c1ccc(-c2c[nH]c(=O)c(C#N)c2)cc1. The molecule has 0 radical (unpaired) electrons. The average Bonchev–Trinajstić information content (AvgIpc) is 2.39. The Morgan fingerprint density at radius 3 is 2.44 bits per heavy atom. The van der Waals surface area contributed by atoms with E-state index in [9.17, 15) is 9.00 Å². The van der Waals surface area contributed by atoms with Gasteiger partial charge in [0.05, 0.1) is 0 Å². The van der Waals surface area contributed by atoms with Crippen LogP contribution >= 0.6 is 0 Å². The van der Waals surface area contributed by atoms with Crippen molar-refractivity contribution in [2.24, 2.45) is 0 Å². The van der Waals surface area contributed by atoms with Crippen LogP contribution in [0, 0.1) is 11.3 Å². The molecule has 1 heterocycles. The summed E-state index contributed by atoms with van der Waals surface area (Å²) in [5.74, 6) is 0. The number of benzene rings is 1. The lowest BCUT2D eigenvalue weighted by atomic mass is 10.1. The molecule has 0 amide bonds. The second kappa shape index (κ2) is 4.98. The maximum Gasteiger partial charge on any atom is 0.265 e. The van der Waals surface area contributed by atoms with Gasteiger partial charge >= 0.3 is 0 Å². The molecule has 0 aliphatic rings. The zero-order chi connectivity index (χ0) is 13.1. The summed E-state index contributed by atoms with van der Waals surface area (Å²) in [5, 5.41) is 8.80. The molecule has 2 rings (SSSR count). The van der Waals surface area contributed by atoms with Crippen LogP contribution in [0.3, 0.4) is 0 Å². The van der Waals surface area contributed by atoms with Gasteiger partial charge in [-0.15, -0.1) is 0 Å². The van der Waals surface area contributed by atoms with Gasteiger partial charge in [-0.2, -0.15) is 5.26 Å². The molecule has 2 aromatic rings. The van der Waals surface area contributed by atoms with Crippen molar-refractivity contribution in [1.82, 2.24) is 4.98 Å². The van der Waals surface area contributed by atoms with E-state index in [1.54, 1.807) is 24.6 Å². The first-order valence-corrected chi connectivity index (χ1v) is 6.74. The second-order valence-electron chi connectivity index (χ2n) is 3.72. The van der Waals surface area contributed by atoms with Gasteiger partial charge in [-0.1, -0.05) is 12.1 Å². The van der Waals surface area contributed by atoms with Crippen LogP contribution in [0.4, 0.5) is 0 Å². The Kier molecular flexibility index (Phi) is 3.40. The first-order valence-electron chi connectivity index (χ1n) is 5.18. The zero-order valence-electron chi connectivity index (χ0n) is 9.64. The summed E-state index contributed by atoms with van der Waals surface area (Å²) in [7, 11) is -1.01. The van der Waals surface area contributed by atoms with Crippen LogP contribution in [0.25, 0.3) is 11.1 Å². The third-order valence-corrected chi connectivity index (χ3v) is 3.48. The van der Waals surface area contributed by atoms with E-state index in [4.69, 9.17) is 5.26 Å². The van der Waals surface area contributed by atoms with E-state index >= 15 is 0 Å². The zero-order valence-corrected chi connectivity index (χ0v) is 10.5. The Hall–Kier alpha value is -2.19. The highest BCUT2D eigenvalue weighted by molar-refractivity contribution is 7.84. The quantitative estimate of drug-likeness (QED) is 0.890. The third-order valence-electron chi connectivity index (χ3n) is 2.54. The normalized spacial score (nSPS) is 11.8. The summed E-state index contributed by atoms with van der Waals surface area (Å²) in [6.07, 6.45) is 3.17. The number of hydrogen-bond acceptors (Lipinski definition) is 3. The van der Waals surface area contributed by atoms with Crippen LogP contribution in [0.15, 0.2) is 46.2 Å². The van der Waals surface area contributed by atoms with Crippen molar-refractivity contribution >= 4 is 10.8 Å². The summed E-state index contributed by atoms with van der Waals surface area (Å²) < 4.78 is 11.3. The predicted molar refractivity (Wildman–Crippen MR) is 69.5 cm³/mol. The lowest BCUT2D eigenvalue weighted by molar-refractivity contribution is 0.687. The van der Waals surface area contributed by atoms with Crippen LogP contribution in [-0.4, -0.2) is 15.4 Å². The number of nitriles is 1. The maximum atomic E-state index is 11.3. The average molecular weight is 258 g/mol. The summed E-state index contributed by atoms with van der Waals surface area (Å²) >= 11 is 0. The molecule has 0 bridgehead atoms. The molecule has 0 fully saturated rings. The van der Waals surface area contributed by atoms with Crippen LogP contribution in [-0.2, 0) is 10.8 Å². The molecule has 4 nitrogen and oxygen atoms in total. The lowest BCUT2D eigenvalue weighted by Crippen LogP contribution is -2.08. The molecule has 18 heavy (non-hydrogen) atoms. The molecular weight excluding hydrogens is 248 g/mol. The van der Waals surface area contributed by atoms with Crippen molar-refractivity contribution < 1.29 is 4.21 Å². The fourth-order valence-electron chi connectivity index (χ4n) is 1.57. The van der Waals surface area contributed by atoms with Crippen LogP contribution < -0.4 is 5.56 Å². The number of aromatic nitrogens is 1. The Labute approximate surface area is 106 Å². The molecule has 1 atom stereocenters. The molecule has 0 saturated heterocycles. The predicted octanol–water partition coefficient (Wildman–Crippen LogP) is 1.65. The van der Waals surface area contributed by atoms with Gasteiger partial charge in [0.2, 0.25) is 0 Å². The van der Waals surface area contributed by atoms with Crippen LogP contribution in [0.5, 0.6) is 0 Å². The Morgan fingerprint density at radius 2 is 1.89 bits per heavy atom. The molecule has 0 spiro atoms. The highest BCUT2D eigenvalue weighted by Gasteiger charge is 2.04. The highest BCUT2D eigenvalue weighted by atomic mass is 32.2. The van der Waals surface area contributed by atoms with Gasteiger partial charge in [-0.05, 0) is 29.3 Å². The monoisotopic (exact) mass is 258 g/mol. The standard InChI is InChI=1S/C13H10N2O2S/c1-18(17)12-4-2-9(3-5-12)11-6-10(7-14)13(16)15-8-11/h2-6,8H,1H3,(H,15,16). The minimum Gasteiger partial charge on any atom is -0.327 e. The smallest absolute Gasteiger partial charge is 0.265 e. The molecule has 1 aromatic carbocycles. The van der Waals surface area contributed by atoms with Crippen LogP contribution in [0.2, 0.25) is 0 Å². The van der Waals surface area contributed by atoms with E-state index in [0.717, 1.165) is 16.0 Å². The van der Waals surface area contributed by atoms with Gasteiger partial charge in [0.1, 0.15) is 11.6 Å². The van der Waals surface area contributed by atoms with Gasteiger partial charge < -0.3 is 4.98 Å². The molecule has 0 aliphatic carbocycles. The molecule has 0 saturated carbocycles. The van der Waals surface area contributed by atoms with Gasteiger partial charge in [0, 0.05) is 28.1 Å². The maximum absolute atomic E-state index is 11.3. The third kappa shape index (κ3) is 2.39. The Bertz CT molecular complexity index is 696. The van der Waals surface area contributed by atoms with Gasteiger partial charge in [-0.3, -0.25) is 9.00 Å². The molecular formula is C13H10N2O2S. The molecule has 0 aliphatic heterocycles.